The molecule has 19 heavy (non-hydrogen) atoms. The smallest absolute Gasteiger partial charge is 0.243 e. The van der Waals surface area contributed by atoms with Gasteiger partial charge in [0.15, 0.2) is 0 Å². The van der Waals surface area contributed by atoms with Gasteiger partial charge in [0.25, 0.3) is 0 Å². The lowest BCUT2D eigenvalue weighted by Gasteiger charge is -2.16. The molecule has 5 nitrogen and oxygen atoms in total. The van der Waals surface area contributed by atoms with Crippen LogP contribution in [-0.4, -0.2) is 31.7 Å². The zero-order valence-corrected chi connectivity index (χ0v) is 11.5. The summed E-state index contributed by atoms with van der Waals surface area (Å²) in [7, 11) is -3.41. The summed E-state index contributed by atoms with van der Waals surface area (Å²) in [6.45, 7) is 2.96. The van der Waals surface area contributed by atoms with Crippen LogP contribution in [0.4, 0.5) is 5.69 Å². The average Bonchev–Trinajstić information content (AvgIpc) is 3.00. The molecule has 1 unspecified atom stereocenters. The summed E-state index contributed by atoms with van der Waals surface area (Å²) in [6, 6.07) is 4.88. The number of hydrogen-bond donors (Lipinski definition) is 1. The summed E-state index contributed by atoms with van der Waals surface area (Å²) in [5.41, 5.74) is 1.49. The Bertz CT molecular complexity index is 633. The number of fused-ring (bicyclic) bond motifs is 1. The van der Waals surface area contributed by atoms with E-state index in [-0.39, 0.29) is 16.7 Å². The molecule has 6 heteroatoms. The molecule has 1 saturated heterocycles. The molecule has 2 aliphatic heterocycles. The molecule has 0 bridgehead atoms. The predicted octanol–water partition coefficient (Wildman–Crippen LogP) is 1.53. The molecule has 1 atom stereocenters. The third-order valence-corrected chi connectivity index (χ3v) is 5.74. The van der Waals surface area contributed by atoms with E-state index in [0.717, 1.165) is 24.1 Å². The Morgan fingerprint density at radius 3 is 2.63 bits per heavy atom. The molecule has 0 aromatic heterocycles. The Labute approximate surface area is 112 Å². The van der Waals surface area contributed by atoms with E-state index in [9.17, 15) is 13.2 Å². The normalized spacial score (nSPS) is 23.4. The Balaban J connectivity index is 2.01. The quantitative estimate of drug-likeness (QED) is 0.893. The molecule has 0 radical (unpaired) electrons. The standard InChI is InChI=1S/C13H16N2O3S/c1-9-11-8-10(4-5-12(11)14-13(9)16)19(17,18)15-6-2-3-7-15/h4-5,8-9H,2-3,6-7H2,1H3,(H,14,16). The van der Waals surface area contributed by atoms with Crippen molar-refractivity contribution >= 4 is 21.6 Å². The minimum atomic E-state index is -3.41. The van der Waals surface area contributed by atoms with E-state index in [1.165, 1.54) is 4.31 Å². The van der Waals surface area contributed by atoms with Gasteiger partial charge in [-0.2, -0.15) is 4.31 Å². The zero-order valence-electron chi connectivity index (χ0n) is 10.7. The Morgan fingerprint density at radius 2 is 1.95 bits per heavy atom. The molecule has 0 saturated carbocycles. The van der Waals surface area contributed by atoms with Crippen molar-refractivity contribution in [3.63, 3.8) is 0 Å². The molecular weight excluding hydrogens is 264 g/mol. The number of nitrogens with one attached hydrogen (secondary N) is 1. The minimum Gasteiger partial charge on any atom is -0.325 e. The fourth-order valence-electron chi connectivity index (χ4n) is 2.63. The van der Waals surface area contributed by atoms with Crippen LogP contribution in [0, 0.1) is 0 Å². The fourth-order valence-corrected chi connectivity index (χ4v) is 4.19. The fraction of sp³-hybridized carbons (Fsp3) is 0.462. The number of anilines is 1. The summed E-state index contributed by atoms with van der Waals surface area (Å²) in [4.78, 5) is 11.9. The number of nitrogens with zero attached hydrogens (tertiary/aromatic N) is 1. The Morgan fingerprint density at radius 1 is 1.26 bits per heavy atom. The van der Waals surface area contributed by atoms with Crippen LogP contribution in [0.3, 0.4) is 0 Å². The maximum atomic E-state index is 12.4. The Hall–Kier alpha value is -1.40. The van der Waals surface area contributed by atoms with Gasteiger partial charge in [-0.1, -0.05) is 0 Å². The van der Waals surface area contributed by atoms with Crippen molar-refractivity contribution in [3.05, 3.63) is 23.8 Å². The monoisotopic (exact) mass is 280 g/mol. The van der Waals surface area contributed by atoms with E-state index in [4.69, 9.17) is 0 Å². The van der Waals surface area contributed by atoms with Crippen LogP contribution < -0.4 is 5.32 Å². The molecule has 1 N–H and O–H groups in total. The molecule has 1 fully saturated rings. The number of benzene rings is 1. The highest BCUT2D eigenvalue weighted by atomic mass is 32.2. The minimum absolute atomic E-state index is 0.0780. The predicted molar refractivity (Wildman–Crippen MR) is 71.5 cm³/mol. The summed E-state index contributed by atoms with van der Waals surface area (Å²) in [5, 5.41) is 2.75. The van der Waals surface area contributed by atoms with Crippen molar-refractivity contribution in [3.8, 4) is 0 Å². The lowest BCUT2D eigenvalue weighted by atomic mass is 10.0. The third-order valence-electron chi connectivity index (χ3n) is 3.84. The maximum absolute atomic E-state index is 12.4. The number of carbonyl (C=O) groups excluding carboxylic acids is 1. The van der Waals surface area contributed by atoms with Crippen molar-refractivity contribution in [2.45, 2.75) is 30.6 Å². The first-order valence-corrected chi connectivity index (χ1v) is 7.89. The van der Waals surface area contributed by atoms with Crippen LogP contribution in [0.5, 0.6) is 0 Å². The first-order valence-electron chi connectivity index (χ1n) is 6.45. The highest BCUT2D eigenvalue weighted by molar-refractivity contribution is 7.89. The second-order valence-electron chi connectivity index (χ2n) is 5.07. The van der Waals surface area contributed by atoms with Crippen LogP contribution >= 0.6 is 0 Å². The second-order valence-corrected chi connectivity index (χ2v) is 7.01. The number of amides is 1. The van der Waals surface area contributed by atoms with Gasteiger partial charge in [-0.05, 0) is 43.5 Å². The second kappa shape index (κ2) is 4.31. The molecule has 102 valence electrons. The molecule has 2 heterocycles. The lowest BCUT2D eigenvalue weighted by Crippen LogP contribution is -2.27. The van der Waals surface area contributed by atoms with Gasteiger partial charge in [0, 0.05) is 18.8 Å². The van der Waals surface area contributed by atoms with E-state index in [0.29, 0.717) is 13.1 Å². The van der Waals surface area contributed by atoms with Crippen molar-refractivity contribution in [1.82, 2.24) is 4.31 Å². The van der Waals surface area contributed by atoms with Gasteiger partial charge in [-0.25, -0.2) is 8.42 Å². The van der Waals surface area contributed by atoms with Crippen LogP contribution in [0.1, 0.15) is 31.2 Å². The van der Waals surface area contributed by atoms with Gasteiger partial charge in [-0.15, -0.1) is 0 Å². The van der Waals surface area contributed by atoms with Gasteiger partial charge in [0.05, 0.1) is 10.8 Å². The van der Waals surface area contributed by atoms with Crippen LogP contribution in [0.25, 0.3) is 0 Å². The van der Waals surface area contributed by atoms with Gasteiger partial charge < -0.3 is 5.32 Å². The SMILES string of the molecule is CC1C(=O)Nc2ccc(S(=O)(=O)N3CCCC3)cc21. The molecule has 0 aliphatic carbocycles. The topological polar surface area (TPSA) is 66.5 Å². The lowest BCUT2D eigenvalue weighted by molar-refractivity contribution is -0.116. The van der Waals surface area contributed by atoms with E-state index < -0.39 is 10.0 Å². The summed E-state index contributed by atoms with van der Waals surface area (Å²) in [5.74, 6) is -0.366. The number of carbonyl (C=O) groups is 1. The molecule has 0 spiro atoms. The van der Waals surface area contributed by atoms with Crippen LogP contribution in [0.2, 0.25) is 0 Å². The van der Waals surface area contributed by atoms with Crippen molar-refractivity contribution in [2.24, 2.45) is 0 Å². The van der Waals surface area contributed by atoms with Gasteiger partial charge in [0.1, 0.15) is 0 Å². The summed E-state index contributed by atoms with van der Waals surface area (Å²) in [6.07, 6.45) is 1.83. The van der Waals surface area contributed by atoms with E-state index >= 15 is 0 Å². The highest BCUT2D eigenvalue weighted by Gasteiger charge is 2.31. The number of sulfonamides is 1. The maximum Gasteiger partial charge on any atom is 0.243 e. The summed E-state index contributed by atoms with van der Waals surface area (Å²) >= 11 is 0. The Kier molecular flexibility index (Phi) is 2.87. The van der Waals surface area contributed by atoms with Crippen molar-refractivity contribution in [1.29, 1.82) is 0 Å². The first kappa shape index (κ1) is 12.6. The molecule has 3 rings (SSSR count). The van der Waals surface area contributed by atoms with E-state index in [1.54, 1.807) is 25.1 Å². The molecule has 2 aliphatic rings. The van der Waals surface area contributed by atoms with Crippen LogP contribution in [0.15, 0.2) is 23.1 Å². The number of hydrogen-bond acceptors (Lipinski definition) is 3. The molecule has 1 amide bonds. The molecule has 1 aromatic rings. The molecular formula is C13H16N2O3S. The highest BCUT2D eigenvalue weighted by Crippen LogP contribution is 2.34. The van der Waals surface area contributed by atoms with Crippen molar-refractivity contribution < 1.29 is 13.2 Å². The van der Waals surface area contributed by atoms with Gasteiger partial charge >= 0.3 is 0 Å². The number of rotatable bonds is 2. The zero-order chi connectivity index (χ0) is 13.6. The third kappa shape index (κ3) is 1.95. The summed E-state index contributed by atoms with van der Waals surface area (Å²) < 4.78 is 26.4. The van der Waals surface area contributed by atoms with Gasteiger partial charge in [-0.3, -0.25) is 4.79 Å². The van der Waals surface area contributed by atoms with E-state index in [2.05, 4.69) is 5.32 Å². The first-order chi connectivity index (χ1) is 9.00. The largest absolute Gasteiger partial charge is 0.325 e. The van der Waals surface area contributed by atoms with Crippen LogP contribution in [-0.2, 0) is 14.8 Å². The van der Waals surface area contributed by atoms with Gasteiger partial charge in [0.2, 0.25) is 15.9 Å². The van der Waals surface area contributed by atoms with Crippen molar-refractivity contribution in [2.75, 3.05) is 18.4 Å². The van der Waals surface area contributed by atoms with E-state index in [1.807, 2.05) is 0 Å². The molecule has 1 aromatic carbocycles. The average molecular weight is 280 g/mol.